The van der Waals surface area contributed by atoms with E-state index in [1.807, 2.05) is 20.8 Å². The number of aromatic amines is 1. The molecule has 0 saturated carbocycles. The van der Waals surface area contributed by atoms with E-state index in [4.69, 9.17) is 15.2 Å². The van der Waals surface area contributed by atoms with Gasteiger partial charge in [-0.25, -0.2) is 24.7 Å². The number of likely N-dealkylation sites (tertiary alicyclic amines) is 1. The third kappa shape index (κ3) is 5.62. The molecular formula is C22H29N9O4. The molecule has 0 aromatic carbocycles. The summed E-state index contributed by atoms with van der Waals surface area (Å²) in [5.74, 6) is 0.558. The number of pyridine rings is 1. The number of nitrogens with two attached hydrogens (primary N) is 1. The Balaban J connectivity index is 1.65. The van der Waals surface area contributed by atoms with Gasteiger partial charge in [0.1, 0.15) is 35.3 Å². The normalized spacial score (nSPS) is 16.3. The molecule has 1 saturated heterocycles. The molecular weight excluding hydrogens is 454 g/mol. The summed E-state index contributed by atoms with van der Waals surface area (Å²) in [6, 6.07) is 1.42. The molecule has 1 aliphatic rings. The van der Waals surface area contributed by atoms with Crippen molar-refractivity contribution in [3.05, 3.63) is 23.8 Å². The molecule has 4 rings (SSSR count). The van der Waals surface area contributed by atoms with Crippen molar-refractivity contribution in [3.8, 4) is 11.5 Å². The third-order valence-electron chi connectivity index (χ3n) is 5.32. The van der Waals surface area contributed by atoms with E-state index in [-0.39, 0.29) is 24.3 Å². The average molecular weight is 484 g/mol. The van der Waals surface area contributed by atoms with Crippen molar-refractivity contribution in [2.45, 2.75) is 51.9 Å². The standard InChI is InChI=1S/C22H29N9O4/c1-22(2,3)35-21(33)31-7-5-6-12(9-31)26-20-17-16(24-11-25-20)13(18(23)32)8-14(27-17)19-28-15(10-34-4)29-30-19/h8,11-12H,5-7,9-10H2,1-4H3,(H2,23,32)(H,24,25,26)(H,28,29,30)/t12-/m0/s1. The van der Waals surface area contributed by atoms with Gasteiger partial charge in [0.05, 0.1) is 5.56 Å². The second-order valence-corrected chi connectivity index (χ2v) is 9.28. The Morgan fingerprint density at radius 1 is 1.26 bits per heavy atom. The highest BCUT2D eigenvalue weighted by atomic mass is 16.6. The number of methoxy groups -OCH3 is 1. The van der Waals surface area contributed by atoms with E-state index in [1.165, 1.54) is 12.4 Å². The summed E-state index contributed by atoms with van der Waals surface area (Å²) in [5, 5.41) is 10.3. The van der Waals surface area contributed by atoms with Crippen molar-refractivity contribution >= 4 is 28.9 Å². The van der Waals surface area contributed by atoms with Crippen LogP contribution in [0.2, 0.25) is 0 Å². The quantitative estimate of drug-likeness (QED) is 0.469. The van der Waals surface area contributed by atoms with Crippen LogP contribution in [0.25, 0.3) is 22.6 Å². The molecule has 1 atom stereocenters. The highest BCUT2D eigenvalue weighted by Crippen LogP contribution is 2.27. The summed E-state index contributed by atoms with van der Waals surface area (Å²) in [6.45, 7) is 6.78. The zero-order valence-corrected chi connectivity index (χ0v) is 20.2. The lowest BCUT2D eigenvalue weighted by Gasteiger charge is -2.34. The van der Waals surface area contributed by atoms with Crippen molar-refractivity contribution in [2.24, 2.45) is 5.73 Å². The number of piperidine rings is 1. The molecule has 13 heteroatoms. The molecule has 4 heterocycles. The van der Waals surface area contributed by atoms with Gasteiger partial charge >= 0.3 is 6.09 Å². The Kier molecular flexibility index (Phi) is 6.78. The van der Waals surface area contributed by atoms with E-state index >= 15 is 0 Å². The number of ether oxygens (including phenoxy) is 2. The summed E-state index contributed by atoms with van der Waals surface area (Å²) in [6.07, 6.45) is 2.60. The van der Waals surface area contributed by atoms with Crippen molar-refractivity contribution < 1.29 is 19.1 Å². The fourth-order valence-corrected chi connectivity index (χ4v) is 3.84. The fourth-order valence-electron chi connectivity index (χ4n) is 3.84. The largest absolute Gasteiger partial charge is 0.444 e. The maximum Gasteiger partial charge on any atom is 0.410 e. The van der Waals surface area contributed by atoms with E-state index in [0.29, 0.717) is 47.3 Å². The van der Waals surface area contributed by atoms with Gasteiger partial charge in [0.25, 0.3) is 5.91 Å². The van der Waals surface area contributed by atoms with Crippen LogP contribution in [0.5, 0.6) is 0 Å². The Bertz CT molecular complexity index is 1240. The molecule has 2 amide bonds. The number of carbonyl (C=O) groups is 2. The van der Waals surface area contributed by atoms with E-state index in [9.17, 15) is 9.59 Å². The van der Waals surface area contributed by atoms with Crippen molar-refractivity contribution in [3.63, 3.8) is 0 Å². The lowest BCUT2D eigenvalue weighted by molar-refractivity contribution is 0.0206. The van der Waals surface area contributed by atoms with Gasteiger partial charge in [0.2, 0.25) is 0 Å². The molecule has 0 spiro atoms. The first-order valence-corrected chi connectivity index (χ1v) is 11.2. The minimum Gasteiger partial charge on any atom is -0.444 e. The zero-order valence-electron chi connectivity index (χ0n) is 20.2. The van der Waals surface area contributed by atoms with Crippen LogP contribution >= 0.6 is 0 Å². The zero-order chi connectivity index (χ0) is 25.2. The number of anilines is 1. The molecule has 0 radical (unpaired) electrons. The van der Waals surface area contributed by atoms with Crippen molar-refractivity contribution in [1.82, 2.24) is 35.0 Å². The van der Waals surface area contributed by atoms with Crippen LogP contribution in [0.1, 0.15) is 49.8 Å². The van der Waals surface area contributed by atoms with Crippen LogP contribution in [0.15, 0.2) is 12.4 Å². The smallest absolute Gasteiger partial charge is 0.410 e. The minimum atomic E-state index is -0.659. The first-order valence-electron chi connectivity index (χ1n) is 11.2. The first-order chi connectivity index (χ1) is 16.6. The number of carbonyl (C=O) groups excluding carboxylic acids is 2. The van der Waals surface area contributed by atoms with Crippen molar-refractivity contribution in [1.29, 1.82) is 0 Å². The number of rotatable bonds is 6. The number of fused-ring (bicyclic) bond motifs is 1. The van der Waals surface area contributed by atoms with Crippen LogP contribution in [0.3, 0.4) is 0 Å². The average Bonchev–Trinajstić information content (AvgIpc) is 3.26. The van der Waals surface area contributed by atoms with Gasteiger partial charge in [-0.15, -0.1) is 0 Å². The molecule has 186 valence electrons. The molecule has 0 aliphatic carbocycles. The SMILES string of the molecule is COCc1n[nH]c(-c2cc(C(N)=O)c3ncnc(N[C@H]4CCCN(C(=O)OC(C)(C)C)C4)c3n2)n1. The highest BCUT2D eigenvalue weighted by molar-refractivity contribution is 6.06. The number of aromatic nitrogens is 6. The highest BCUT2D eigenvalue weighted by Gasteiger charge is 2.28. The molecule has 4 N–H and O–H groups in total. The number of nitrogens with zero attached hydrogens (tertiary/aromatic N) is 6. The van der Waals surface area contributed by atoms with Gasteiger partial charge in [-0.3, -0.25) is 9.89 Å². The second-order valence-electron chi connectivity index (χ2n) is 9.28. The predicted molar refractivity (Wildman–Crippen MR) is 126 cm³/mol. The Hall–Kier alpha value is -3.87. The summed E-state index contributed by atoms with van der Waals surface area (Å²) in [7, 11) is 1.54. The number of primary amides is 1. The molecule has 3 aromatic rings. The number of H-pyrrole nitrogens is 1. The number of amides is 2. The summed E-state index contributed by atoms with van der Waals surface area (Å²) in [5.41, 5.74) is 6.28. The molecule has 1 fully saturated rings. The van der Waals surface area contributed by atoms with Crippen molar-refractivity contribution in [2.75, 3.05) is 25.5 Å². The molecule has 0 bridgehead atoms. The Morgan fingerprint density at radius 2 is 2.06 bits per heavy atom. The van der Waals surface area contributed by atoms with Gasteiger partial charge in [-0.1, -0.05) is 0 Å². The van der Waals surface area contributed by atoms with Crippen LogP contribution < -0.4 is 11.1 Å². The Morgan fingerprint density at radius 3 is 2.77 bits per heavy atom. The second kappa shape index (κ2) is 9.78. The van der Waals surface area contributed by atoms with Crippen LogP contribution in [-0.2, 0) is 16.1 Å². The monoisotopic (exact) mass is 483 g/mol. The predicted octanol–water partition coefficient (Wildman–Crippen LogP) is 1.87. The number of hydrogen-bond acceptors (Lipinski definition) is 10. The van der Waals surface area contributed by atoms with Gasteiger partial charge in [0, 0.05) is 26.2 Å². The third-order valence-corrected chi connectivity index (χ3v) is 5.32. The van der Waals surface area contributed by atoms with E-state index in [2.05, 4.69) is 35.5 Å². The summed E-state index contributed by atoms with van der Waals surface area (Å²) >= 11 is 0. The van der Waals surface area contributed by atoms with Crippen LogP contribution in [0.4, 0.5) is 10.6 Å². The van der Waals surface area contributed by atoms with Gasteiger partial charge in [-0.2, -0.15) is 5.10 Å². The maximum absolute atomic E-state index is 12.6. The summed E-state index contributed by atoms with van der Waals surface area (Å²) < 4.78 is 10.6. The van der Waals surface area contributed by atoms with Gasteiger partial charge in [0.15, 0.2) is 17.5 Å². The lowest BCUT2D eigenvalue weighted by atomic mass is 10.1. The van der Waals surface area contributed by atoms with Gasteiger partial charge < -0.3 is 25.4 Å². The maximum atomic E-state index is 12.6. The first kappa shape index (κ1) is 24.3. The lowest BCUT2D eigenvalue weighted by Crippen LogP contribution is -2.47. The molecule has 1 aliphatic heterocycles. The molecule has 0 unspecified atom stereocenters. The van der Waals surface area contributed by atoms with Crippen LogP contribution in [-0.4, -0.2) is 78.9 Å². The van der Waals surface area contributed by atoms with E-state index in [1.54, 1.807) is 12.0 Å². The topological polar surface area (TPSA) is 174 Å². The van der Waals surface area contributed by atoms with E-state index < -0.39 is 11.5 Å². The van der Waals surface area contributed by atoms with Gasteiger partial charge in [-0.05, 0) is 39.7 Å². The Labute approximate surface area is 201 Å². The number of hydrogen-bond donors (Lipinski definition) is 3. The summed E-state index contributed by atoms with van der Waals surface area (Å²) in [4.78, 5) is 44.1. The van der Waals surface area contributed by atoms with E-state index in [0.717, 1.165) is 12.8 Å². The molecule has 3 aromatic heterocycles. The number of nitrogens with one attached hydrogen (secondary N) is 2. The fraction of sp³-hybridized carbons (Fsp3) is 0.500. The molecule has 35 heavy (non-hydrogen) atoms. The molecule has 13 nitrogen and oxygen atoms in total. The van der Waals surface area contributed by atoms with Crippen LogP contribution in [0, 0.1) is 0 Å². The minimum absolute atomic E-state index is 0.101.